The van der Waals surface area contributed by atoms with Gasteiger partial charge in [0.1, 0.15) is 0 Å². The topological polar surface area (TPSA) is 3.24 Å². The van der Waals surface area contributed by atoms with Gasteiger partial charge in [0.05, 0.1) is 12.2 Å². The van der Waals surface area contributed by atoms with Crippen LogP contribution in [0.4, 0.5) is 4.48 Å². The number of allylic oxidation sites excluding steroid dienone is 2. The Labute approximate surface area is 111 Å². The predicted molar refractivity (Wildman–Crippen MR) is 78.7 cm³/mol. The quantitative estimate of drug-likeness (QED) is 0.616. The summed E-state index contributed by atoms with van der Waals surface area (Å²) < 4.78 is 13.4. The van der Waals surface area contributed by atoms with Gasteiger partial charge < -0.3 is 0 Å². The molecule has 1 aromatic carbocycles. The molecule has 1 aliphatic heterocycles. The highest BCUT2D eigenvalue weighted by Gasteiger charge is 2.13. The largest absolute Gasteiger partial charge is 0.207 e. The molecular weight excluding hydrogens is 225 g/mol. The zero-order valence-electron chi connectivity index (χ0n) is 12.1. The average Bonchev–Trinajstić information content (AvgIpc) is 2.47. The third kappa shape index (κ3) is 4.74. The summed E-state index contributed by atoms with van der Waals surface area (Å²) in [5.41, 5.74) is 2.67. The van der Waals surface area contributed by atoms with Crippen molar-refractivity contribution in [3.63, 3.8) is 0 Å². The van der Waals surface area contributed by atoms with E-state index in [9.17, 15) is 4.48 Å². The van der Waals surface area contributed by atoms with Crippen molar-refractivity contribution >= 4 is 5.70 Å². The van der Waals surface area contributed by atoms with Crippen LogP contribution in [0.15, 0.2) is 48.1 Å². The summed E-state index contributed by atoms with van der Waals surface area (Å²) in [7, 11) is 0. The molecule has 0 aliphatic carbocycles. The first-order valence-corrected chi connectivity index (χ1v) is 6.64. The Kier molecular flexibility index (Phi) is 8.63. The van der Waals surface area contributed by atoms with Crippen LogP contribution in [0.1, 0.15) is 40.2 Å². The molecule has 0 spiro atoms. The standard InChI is InChI=1S/C12H12FN.2C2H6/c1-10-7-8-14(13)12(9-10)11-5-3-2-4-6-11;2*1-2/h2-7,9H,8H2,1H3;2*1-2H3. The molecule has 0 aromatic heterocycles. The van der Waals surface area contributed by atoms with Gasteiger partial charge in [-0.15, -0.1) is 0 Å². The summed E-state index contributed by atoms with van der Waals surface area (Å²) in [6, 6.07) is 9.58. The maximum absolute atomic E-state index is 13.4. The van der Waals surface area contributed by atoms with Crippen LogP contribution < -0.4 is 0 Å². The fourth-order valence-electron chi connectivity index (χ4n) is 1.50. The van der Waals surface area contributed by atoms with Gasteiger partial charge in [-0.2, -0.15) is 0 Å². The Bertz CT molecular complexity index is 379. The molecule has 0 bridgehead atoms. The number of nitrogens with zero attached hydrogens (tertiary/aromatic N) is 1. The van der Waals surface area contributed by atoms with Crippen LogP contribution in [0.2, 0.25) is 0 Å². The SMILES string of the molecule is CC.CC.CC1=CCN(F)C(c2ccccc2)=C1. The molecule has 0 unspecified atom stereocenters. The smallest absolute Gasteiger partial charge is 0.0766 e. The summed E-state index contributed by atoms with van der Waals surface area (Å²) >= 11 is 0. The van der Waals surface area contributed by atoms with Crippen molar-refractivity contribution in [1.82, 2.24) is 5.12 Å². The molecule has 18 heavy (non-hydrogen) atoms. The minimum absolute atomic E-state index is 0.340. The van der Waals surface area contributed by atoms with Crippen LogP contribution >= 0.6 is 0 Å². The minimum atomic E-state index is 0.340. The molecule has 0 saturated carbocycles. The molecule has 0 radical (unpaired) electrons. The molecule has 2 heteroatoms. The number of hydrogen-bond donors (Lipinski definition) is 0. The monoisotopic (exact) mass is 249 g/mol. The van der Waals surface area contributed by atoms with Crippen LogP contribution in [0.5, 0.6) is 0 Å². The summed E-state index contributed by atoms with van der Waals surface area (Å²) in [6.45, 7) is 10.3. The van der Waals surface area contributed by atoms with Gasteiger partial charge in [0.25, 0.3) is 0 Å². The molecule has 1 heterocycles. The van der Waals surface area contributed by atoms with E-state index in [0.29, 0.717) is 12.2 Å². The van der Waals surface area contributed by atoms with Crippen LogP contribution in [-0.2, 0) is 0 Å². The van der Waals surface area contributed by atoms with Gasteiger partial charge >= 0.3 is 0 Å². The molecule has 100 valence electrons. The van der Waals surface area contributed by atoms with E-state index in [4.69, 9.17) is 0 Å². The third-order valence-electron chi connectivity index (χ3n) is 2.27. The second-order valence-electron chi connectivity index (χ2n) is 3.39. The Morgan fingerprint density at radius 2 is 1.56 bits per heavy atom. The molecule has 0 atom stereocenters. The van der Waals surface area contributed by atoms with E-state index in [1.165, 1.54) is 0 Å². The Morgan fingerprint density at radius 3 is 2.11 bits per heavy atom. The lowest BCUT2D eigenvalue weighted by molar-refractivity contribution is 0.121. The summed E-state index contributed by atoms with van der Waals surface area (Å²) in [5.74, 6) is 0. The van der Waals surface area contributed by atoms with Gasteiger partial charge in [-0.1, -0.05) is 74.2 Å². The Balaban J connectivity index is 0.000000659. The van der Waals surface area contributed by atoms with E-state index in [2.05, 4.69) is 0 Å². The fourth-order valence-corrected chi connectivity index (χ4v) is 1.50. The minimum Gasteiger partial charge on any atom is -0.207 e. The summed E-state index contributed by atoms with van der Waals surface area (Å²) in [6.07, 6.45) is 3.73. The highest BCUT2D eigenvalue weighted by Crippen LogP contribution is 2.24. The Morgan fingerprint density at radius 1 is 1.00 bits per heavy atom. The molecule has 0 fully saturated rings. The molecule has 1 aliphatic rings. The van der Waals surface area contributed by atoms with Gasteiger partial charge in [-0.25, -0.2) is 5.12 Å². The number of halogens is 1. The van der Waals surface area contributed by atoms with Crippen molar-refractivity contribution in [1.29, 1.82) is 0 Å². The van der Waals surface area contributed by atoms with Crippen molar-refractivity contribution in [3.05, 3.63) is 53.6 Å². The average molecular weight is 249 g/mol. The Hall–Kier alpha value is -1.57. The number of rotatable bonds is 1. The first-order chi connectivity index (χ1) is 8.77. The van der Waals surface area contributed by atoms with Crippen molar-refractivity contribution in [2.24, 2.45) is 0 Å². The summed E-state index contributed by atoms with van der Waals surface area (Å²) in [5, 5.41) is 0.766. The number of hydrogen-bond acceptors (Lipinski definition) is 1. The molecule has 2 rings (SSSR count). The highest BCUT2D eigenvalue weighted by atomic mass is 19.2. The lowest BCUT2D eigenvalue weighted by atomic mass is 10.1. The molecule has 0 amide bonds. The van der Waals surface area contributed by atoms with E-state index < -0.39 is 0 Å². The van der Waals surface area contributed by atoms with E-state index >= 15 is 0 Å². The van der Waals surface area contributed by atoms with E-state index in [-0.39, 0.29) is 0 Å². The van der Waals surface area contributed by atoms with Gasteiger partial charge in [-0.05, 0) is 13.0 Å². The fraction of sp³-hybridized carbons (Fsp3) is 0.375. The molecule has 0 N–H and O–H groups in total. The zero-order chi connectivity index (χ0) is 14.0. The lowest BCUT2D eigenvalue weighted by Crippen LogP contribution is -2.15. The maximum atomic E-state index is 13.4. The zero-order valence-corrected chi connectivity index (χ0v) is 12.1. The second kappa shape index (κ2) is 9.46. The van der Waals surface area contributed by atoms with E-state index in [0.717, 1.165) is 16.3 Å². The normalized spacial score (nSPS) is 13.3. The molecular formula is C16H24FN. The van der Waals surface area contributed by atoms with Gasteiger partial charge in [-0.3, -0.25) is 0 Å². The van der Waals surface area contributed by atoms with Crippen LogP contribution in [-0.4, -0.2) is 11.7 Å². The first-order valence-electron chi connectivity index (χ1n) is 6.64. The van der Waals surface area contributed by atoms with Gasteiger partial charge in [0, 0.05) is 5.56 Å². The molecule has 1 nitrogen and oxygen atoms in total. The van der Waals surface area contributed by atoms with Crippen molar-refractivity contribution in [2.45, 2.75) is 34.6 Å². The van der Waals surface area contributed by atoms with Gasteiger partial charge in [0.2, 0.25) is 0 Å². The van der Waals surface area contributed by atoms with Crippen molar-refractivity contribution < 1.29 is 4.48 Å². The third-order valence-corrected chi connectivity index (χ3v) is 2.27. The molecule has 1 aromatic rings. The van der Waals surface area contributed by atoms with Crippen molar-refractivity contribution in [3.8, 4) is 0 Å². The number of benzene rings is 1. The first kappa shape index (κ1) is 16.4. The highest BCUT2D eigenvalue weighted by molar-refractivity contribution is 5.67. The van der Waals surface area contributed by atoms with Gasteiger partial charge in [0.15, 0.2) is 0 Å². The van der Waals surface area contributed by atoms with Crippen LogP contribution in [0.25, 0.3) is 5.70 Å². The predicted octanol–water partition coefficient (Wildman–Crippen LogP) is 5.23. The second-order valence-corrected chi connectivity index (χ2v) is 3.39. The molecule has 0 saturated heterocycles. The van der Waals surface area contributed by atoms with E-state index in [1.54, 1.807) is 0 Å². The summed E-state index contributed by atoms with van der Waals surface area (Å²) in [4.78, 5) is 0. The van der Waals surface area contributed by atoms with Crippen molar-refractivity contribution in [2.75, 3.05) is 6.54 Å². The lowest BCUT2D eigenvalue weighted by Gasteiger charge is -2.20. The van der Waals surface area contributed by atoms with E-state index in [1.807, 2.05) is 77.1 Å². The van der Waals surface area contributed by atoms with Crippen LogP contribution in [0, 0.1) is 0 Å². The van der Waals surface area contributed by atoms with Crippen LogP contribution in [0.3, 0.4) is 0 Å². The maximum Gasteiger partial charge on any atom is 0.0766 e.